The van der Waals surface area contributed by atoms with Crippen molar-refractivity contribution >= 4 is 26.8 Å². The van der Waals surface area contributed by atoms with Gasteiger partial charge in [0, 0.05) is 23.1 Å². The molecule has 1 aromatic carbocycles. The second-order valence-corrected chi connectivity index (χ2v) is 7.25. The lowest BCUT2D eigenvalue weighted by molar-refractivity contribution is 0.185. The predicted molar refractivity (Wildman–Crippen MR) is 89.6 cm³/mol. The van der Waals surface area contributed by atoms with Crippen molar-refractivity contribution in [2.75, 3.05) is 0 Å². The lowest BCUT2D eigenvalue weighted by Gasteiger charge is -2.46. The van der Waals surface area contributed by atoms with Gasteiger partial charge in [0.1, 0.15) is 12.2 Å². The first kappa shape index (κ1) is 13.9. The van der Waals surface area contributed by atoms with Crippen LogP contribution in [0, 0.1) is 5.92 Å². The molecule has 1 saturated carbocycles. The van der Waals surface area contributed by atoms with E-state index in [-0.39, 0.29) is 5.41 Å². The molecule has 22 heavy (non-hydrogen) atoms. The molecule has 2 aromatic heterocycles. The molecule has 4 rings (SSSR count). The van der Waals surface area contributed by atoms with Gasteiger partial charge in [-0.1, -0.05) is 13.0 Å². The minimum Gasteiger partial charge on any atom is -0.320 e. The van der Waals surface area contributed by atoms with Crippen molar-refractivity contribution in [2.45, 2.75) is 25.2 Å². The Morgan fingerprint density at radius 1 is 1.32 bits per heavy atom. The van der Waals surface area contributed by atoms with Gasteiger partial charge in [-0.15, -0.1) is 10.2 Å². The fraction of sp³-hybridized carbons (Fsp3) is 0.353. The molecule has 0 saturated heterocycles. The molecule has 0 bridgehead atoms. The number of fused-ring (bicyclic) bond motifs is 1. The Kier molecular flexibility index (Phi) is 3.08. The van der Waals surface area contributed by atoms with Crippen LogP contribution in [0.1, 0.15) is 31.2 Å². The van der Waals surface area contributed by atoms with Crippen molar-refractivity contribution < 1.29 is 0 Å². The van der Waals surface area contributed by atoms with Crippen LogP contribution in [0.25, 0.3) is 10.9 Å². The number of hydrogen-bond acceptors (Lipinski definition) is 3. The molecule has 4 nitrogen and oxygen atoms in total. The van der Waals surface area contributed by atoms with Crippen LogP contribution in [0.4, 0.5) is 0 Å². The Morgan fingerprint density at radius 3 is 2.82 bits per heavy atom. The maximum atomic E-state index is 4.46. The molecule has 3 aromatic rings. The Labute approximate surface area is 137 Å². The van der Waals surface area contributed by atoms with E-state index in [1.165, 1.54) is 5.56 Å². The molecule has 0 aliphatic heterocycles. The van der Waals surface area contributed by atoms with Crippen LogP contribution in [0.3, 0.4) is 0 Å². The summed E-state index contributed by atoms with van der Waals surface area (Å²) in [4.78, 5) is 4.46. The van der Waals surface area contributed by atoms with Crippen LogP contribution in [0.5, 0.6) is 0 Å². The molecule has 2 heterocycles. The molecule has 1 fully saturated rings. The third-order valence-electron chi connectivity index (χ3n) is 4.74. The predicted octanol–water partition coefficient (Wildman–Crippen LogP) is 3.84. The van der Waals surface area contributed by atoms with E-state index in [0.717, 1.165) is 34.0 Å². The maximum absolute atomic E-state index is 4.46. The van der Waals surface area contributed by atoms with Crippen molar-refractivity contribution in [1.82, 2.24) is 19.7 Å². The van der Waals surface area contributed by atoms with E-state index in [1.54, 1.807) is 6.33 Å². The molecule has 0 N–H and O–H groups in total. The van der Waals surface area contributed by atoms with Gasteiger partial charge in [-0.25, -0.2) is 0 Å². The number of pyridine rings is 1. The minimum atomic E-state index is -0.0305. The Hall–Kier alpha value is -1.75. The molecule has 112 valence electrons. The van der Waals surface area contributed by atoms with Crippen LogP contribution >= 0.6 is 15.9 Å². The van der Waals surface area contributed by atoms with Gasteiger partial charge in [0.2, 0.25) is 0 Å². The maximum Gasteiger partial charge on any atom is 0.143 e. The van der Waals surface area contributed by atoms with Crippen molar-refractivity contribution in [2.24, 2.45) is 13.0 Å². The molecule has 1 aliphatic carbocycles. The van der Waals surface area contributed by atoms with Crippen LogP contribution in [-0.4, -0.2) is 19.7 Å². The third-order valence-corrected chi connectivity index (χ3v) is 5.35. The number of aryl methyl sites for hydroxylation is 1. The van der Waals surface area contributed by atoms with Crippen LogP contribution in [0.2, 0.25) is 0 Å². The third kappa shape index (κ3) is 1.92. The average Bonchev–Trinajstić information content (AvgIpc) is 2.90. The van der Waals surface area contributed by atoms with Gasteiger partial charge in [0.05, 0.1) is 10.9 Å². The minimum absolute atomic E-state index is 0.0305. The molecule has 0 atom stereocenters. The standard InChI is InChI=1S/C17H17BrN4/c1-11-8-17(9-11,16-21-20-10-22(16)2)13-6-12-4-3-5-19-15(12)14(18)7-13/h3-7,10-11H,8-9H2,1-2H3. The van der Waals surface area contributed by atoms with Crippen molar-refractivity contribution in [3.63, 3.8) is 0 Å². The fourth-order valence-electron chi connectivity index (χ4n) is 3.82. The normalized spacial score (nSPS) is 24.4. The molecular formula is C17H17BrN4. The Bertz CT molecular complexity index is 849. The highest BCUT2D eigenvalue weighted by atomic mass is 79.9. The van der Waals surface area contributed by atoms with Gasteiger partial charge in [-0.3, -0.25) is 4.98 Å². The second kappa shape index (κ2) is 4.88. The van der Waals surface area contributed by atoms with E-state index in [9.17, 15) is 0 Å². The molecule has 0 spiro atoms. The first-order valence-electron chi connectivity index (χ1n) is 7.49. The Balaban J connectivity index is 1.93. The first-order valence-corrected chi connectivity index (χ1v) is 8.29. The van der Waals surface area contributed by atoms with Crippen LogP contribution in [-0.2, 0) is 12.5 Å². The number of aromatic nitrogens is 4. The number of halogens is 1. The summed E-state index contributed by atoms with van der Waals surface area (Å²) in [6, 6.07) is 8.56. The van der Waals surface area contributed by atoms with Gasteiger partial charge in [-0.2, -0.15) is 0 Å². The summed E-state index contributed by atoms with van der Waals surface area (Å²) in [7, 11) is 2.03. The zero-order chi connectivity index (χ0) is 15.3. The zero-order valence-electron chi connectivity index (χ0n) is 12.6. The van der Waals surface area contributed by atoms with Crippen molar-refractivity contribution in [3.05, 3.63) is 52.7 Å². The number of benzene rings is 1. The highest BCUT2D eigenvalue weighted by molar-refractivity contribution is 9.10. The Morgan fingerprint density at radius 2 is 2.14 bits per heavy atom. The SMILES string of the molecule is CC1CC(c2cc(Br)c3ncccc3c2)(c2nncn2C)C1. The summed E-state index contributed by atoms with van der Waals surface area (Å²) in [5, 5.41) is 9.67. The van der Waals surface area contributed by atoms with Gasteiger partial charge < -0.3 is 4.57 Å². The molecule has 1 aliphatic rings. The van der Waals surface area contributed by atoms with E-state index in [4.69, 9.17) is 0 Å². The van der Waals surface area contributed by atoms with Gasteiger partial charge in [0.15, 0.2) is 0 Å². The summed E-state index contributed by atoms with van der Waals surface area (Å²) in [6.45, 7) is 2.30. The van der Waals surface area contributed by atoms with E-state index in [1.807, 2.05) is 23.9 Å². The second-order valence-electron chi connectivity index (χ2n) is 6.39. The monoisotopic (exact) mass is 356 g/mol. The van der Waals surface area contributed by atoms with E-state index in [0.29, 0.717) is 5.92 Å². The van der Waals surface area contributed by atoms with Gasteiger partial charge >= 0.3 is 0 Å². The molecule has 0 amide bonds. The van der Waals surface area contributed by atoms with Crippen molar-refractivity contribution in [1.29, 1.82) is 0 Å². The smallest absolute Gasteiger partial charge is 0.143 e. The summed E-state index contributed by atoms with van der Waals surface area (Å²) in [5.74, 6) is 1.76. The van der Waals surface area contributed by atoms with Crippen LogP contribution < -0.4 is 0 Å². The zero-order valence-corrected chi connectivity index (χ0v) is 14.2. The summed E-state index contributed by atoms with van der Waals surface area (Å²) >= 11 is 3.69. The first-order chi connectivity index (χ1) is 10.6. The van der Waals surface area contributed by atoms with Crippen LogP contribution in [0.15, 0.2) is 41.3 Å². The lowest BCUT2D eigenvalue weighted by atomic mass is 9.58. The largest absolute Gasteiger partial charge is 0.320 e. The van der Waals surface area contributed by atoms with Gasteiger partial charge in [-0.05, 0) is 58.5 Å². The van der Waals surface area contributed by atoms with E-state index >= 15 is 0 Å². The van der Waals surface area contributed by atoms with Crippen molar-refractivity contribution in [3.8, 4) is 0 Å². The molecule has 5 heteroatoms. The number of hydrogen-bond donors (Lipinski definition) is 0. The van der Waals surface area contributed by atoms with E-state index in [2.05, 4.69) is 56.2 Å². The highest BCUT2D eigenvalue weighted by Crippen LogP contribution is 2.52. The summed E-state index contributed by atoms with van der Waals surface area (Å²) < 4.78 is 3.09. The molecular weight excluding hydrogens is 340 g/mol. The molecule has 0 radical (unpaired) electrons. The highest BCUT2D eigenvalue weighted by Gasteiger charge is 2.48. The number of nitrogens with zero attached hydrogens (tertiary/aromatic N) is 4. The topological polar surface area (TPSA) is 43.6 Å². The number of rotatable bonds is 2. The van der Waals surface area contributed by atoms with Gasteiger partial charge in [0.25, 0.3) is 0 Å². The average molecular weight is 357 g/mol. The molecule has 0 unspecified atom stereocenters. The summed E-state index contributed by atoms with van der Waals surface area (Å²) in [6.07, 6.45) is 5.84. The quantitative estimate of drug-likeness (QED) is 0.700. The van der Waals surface area contributed by atoms with E-state index < -0.39 is 0 Å². The lowest BCUT2D eigenvalue weighted by Crippen LogP contribution is -2.43. The summed E-state index contributed by atoms with van der Waals surface area (Å²) in [5.41, 5.74) is 2.28. The fourth-order valence-corrected chi connectivity index (χ4v) is 4.40.